The molecule has 0 aliphatic carbocycles. The van der Waals surface area contributed by atoms with Gasteiger partial charge in [0.05, 0.1) is 29.3 Å². The minimum atomic E-state index is -0.393. The highest BCUT2D eigenvalue weighted by Crippen LogP contribution is 2.33. The Bertz CT molecular complexity index is 1850. The number of nitrogens with zero attached hydrogens (tertiary/aromatic N) is 3. The highest BCUT2D eigenvalue weighted by Gasteiger charge is 2.19. The van der Waals surface area contributed by atoms with E-state index in [-0.39, 0.29) is 11.8 Å². The minimum absolute atomic E-state index is 0.124. The molecule has 6 rings (SSSR count). The molecule has 0 amide bonds. The largest absolute Gasteiger partial charge is 0.492 e. The number of fused-ring (bicyclic) bond motifs is 1. The number of hydrogen-bond acceptors (Lipinski definition) is 9. The standard InChI is InChI=1S/C37H43FN8O2/c1-2-34(40)32(16-25(19-39)26-15-30(21-43-20-26)48-28-5-7-42-8-6-28)37(41)35-18-31-33(22-44-23-36(31)45-35)24-13-27(38)17-29(14-24)47-12-11-46-9-3-4-10-46/h2,13-23,28,41-42,45H,3-12,39-40H2,1H3/b25-19+,32-16+,34-2-,41-37?. The van der Waals surface area contributed by atoms with Crippen molar-refractivity contribution in [3.63, 3.8) is 0 Å². The highest BCUT2D eigenvalue weighted by atomic mass is 19.1. The first-order valence-electron chi connectivity index (χ1n) is 16.5. The molecule has 5 heterocycles. The van der Waals surface area contributed by atoms with Crippen LogP contribution in [0.5, 0.6) is 11.5 Å². The van der Waals surface area contributed by atoms with Crippen LogP contribution in [0.15, 0.2) is 84.7 Å². The fourth-order valence-electron chi connectivity index (χ4n) is 6.25. The number of halogens is 1. The predicted octanol–water partition coefficient (Wildman–Crippen LogP) is 5.53. The second kappa shape index (κ2) is 15.3. The van der Waals surface area contributed by atoms with E-state index in [1.165, 1.54) is 31.2 Å². The summed E-state index contributed by atoms with van der Waals surface area (Å²) in [7, 11) is 0. The Kier molecular flexibility index (Phi) is 10.5. The molecule has 0 radical (unpaired) electrons. The molecule has 0 unspecified atom stereocenters. The van der Waals surface area contributed by atoms with E-state index in [1.54, 1.807) is 36.9 Å². The van der Waals surface area contributed by atoms with Crippen LogP contribution >= 0.6 is 0 Å². The lowest BCUT2D eigenvalue weighted by Crippen LogP contribution is -2.34. The number of nitrogens with one attached hydrogen (secondary N) is 3. The third kappa shape index (κ3) is 7.75. The average Bonchev–Trinajstić information content (AvgIpc) is 3.79. The summed E-state index contributed by atoms with van der Waals surface area (Å²) in [4.78, 5) is 14.5. The number of H-pyrrole nitrogens is 1. The Morgan fingerprint density at radius 1 is 1.04 bits per heavy atom. The molecule has 2 aliphatic heterocycles. The van der Waals surface area contributed by atoms with Crippen molar-refractivity contribution in [3.8, 4) is 22.6 Å². The summed E-state index contributed by atoms with van der Waals surface area (Å²) in [5, 5.41) is 13.4. The number of likely N-dealkylation sites (tertiary alicyclic amines) is 1. The van der Waals surface area contributed by atoms with Gasteiger partial charge in [-0.3, -0.25) is 20.3 Å². The van der Waals surface area contributed by atoms with Gasteiger partial charge < -0.3 is 31.2 Å². The average molecular weight is 651 g/mol. The Morgan fingerprint density at radius 2 is 1.83 bits per heavy atom. The van der Waals surface area contributed by atoms with Crippen molar-refractivity contribution >= 4 is 22.2 Å². The van der Waals surface area contributed by atoms with E-state index in [1.807, 2.05) is 25.1 Å². The summed E-state index contributed by atoms with van der Waals surface area (Å²) in [6, 6.07) is 8.48. The molecular weight excluding hydrogens is 607 g/mol. The van der Waals surface area contributed by atoms with E-state index in [0.717, 1.165) is 62.1 Å². The maximum absolute atomic E-state index is 14.8. The van der Waals surface area contributed by atoms with Crippen LogP contribution in [0.2, 0.25) is 0 Å². The van der Waals surface area contributed by atoms with Crippen molar-refractivity contribution in [1.29, 1.82) is 5.41 Å². The van der Waals surface area contributed by atoms with Crippen LogP contribution in [0.1, 0.15) is 43.9 Å². The van der Waals surface area contributed by atoms with Crippen molar-refractivity contribution in [2.75, 3.05) is 39.3 Å². The van der Waals surface area contributed by atoms with Crippen LogP contribution in [0.3, 0.4) is 0 Å². The van der Waals surface area contributed by atoms with Crippen LogP contribution in [0.25, 0.3) is 27.6 Å². The summed E-state index contributed by atoms with van der Waals surface area (Å²) in [5.74, 6) is 0.739. The Hall–Kier alpha value is -5.00. The van der Waals surface area contributed by atoms with E-state index < -0.39 is 5.82 Å². The zero-order chi connectivity index (χ0) is 33.5. The summed E-state index contributed by atoms with van der Waals surface area (Å²) < 4.78 is 27.0. The van der Waals surface area contributed by atoms with Gasteiger partial charge in [-0.2, -0.15) is 0 Å². The van der Waals surface area contributed by atoms with Crippen molar-refractivity contribution in [1.82, 2.24) is 25.2 Å². The maximum atomic E-state index is 14.8. The first-order chi connectivity index (χ1) is 23.4. The van der Waals surface area contributed by atoms with Gasteiger partial charge in [0.2, 0.25) is 0 Å². The molecule has 1 aromatic carbocycles. The van der Waals surface area contributed by atoms with Gasteiger partial charge in [0.15, 0.2) is 0 Å². The number of benzene rings is 1. The van der Waals surface area contributed by atoms with E-state index in [0.29, 0.717) is 51.7 Å². The topological polar surface area (TPSA) is 151 Å². The zero-order valence-corrected chi connectivity index (χ0v) is 27.3. The number of hydrogen-bond donors (Lipinski definition) is 5. The van der Waals surface area contributed by atoms with Crippen LogP contribution in [0.4, 0.5) is 4.39 Å². The smallest absolute Gasteiger partial charge is 0.138 e. The van der Waals surface area contributed by atoms with E-state index in [9.17, 15) is 9.80 Å². The van der Waals surface area contributed by atoms with Gasteiger partial charge in [-0.1, -0.05) is 6.08 Å². The molecule has 0 spiro atoms. The lowest BCUT2D eigenvalue weighted by atomic mass is 9.98. The number of rotatable bonds is 12. The van der Waals surface area contributed by atoms with Crippen molar-refractivity contribution in [3.05, 3.63) is 102 Å². The second-order valence-electron chi connectivity index (χ2n) is 12.2. The Balaban J connectivity index is 1.27. The monoisotopic (exact) mass is 650 g/mol. The number of aromatic nitrogens is 3. The number of nitrogens with two attached hydrogens (primary N) is 2. The first-order valence-corrected chi connectivity index (χ1v) is 16.5. The lowest BCUT2D eigenvalue weighted by molar-refractivity contribution is 0.162. The summed E-state index contributed by atoms with van der Waals surface area (Å²) in [6.45, 7) is 7.12. The van der Waals surface area contributed by atoms with Gasteiger partial charge in [-0.15, -0.1) is 0 Å². The molecule has 3 aromatic heterocycles. The van der Waals surface area contributed by atoms with Gasteiger partial charge in [-0.05, 0) is 100 Å². The van der Waals surface area contributed by atoms with Crippen LogP contribution in [0, 0.1) is 11.2 Å². The van der Waals surface area contributed by atoms with Crippen LogP contribution < -0.4 is 26.3 Å². The Morgan fingerprint density at radius 3 is 2.60 bits per heavy atom. The van der Waals surface area contributed by atoms with Gasteiger partial charge in [-0.25, -0.2) is 4.39 Å². The number of pyridine rings is 2. The summed E-state index contributed by atoms with van der Waals surface area (Å²) in [6.07, 6.45) is 16.2. The highest BCUT2D eigenvalue weighted by molar-refractivity contribution is 6.16. The summed E-state index contributed by atoms with van der Waals surface area (Å²) >= 11 is 0. The molecule has 4 aromatic rings. The van der Waals surface area contributed by atoms with Crippen molar-refractivity contribution in [2.45, 2.75) is 38.7 Å². The fourth-order valence-corrected chi connectivity index (χ4v) is 6.25. The maximum Gasteiger partial charge on any atom is 0.138 e. The van der Waals surface area contributed by atoms with Crippen molar-refractivity contribution < 1.29 is 13.9 Å². The molecule has 2 fully saturated rings. The van der Waals surface area contributed by atoms with Gasteiger partial charge >= 0.3 is 0 Å². The molecule has 11 heteroatoms. The minimum Gasteiger partial charge on any atom is -0.492 e. The number of aromatic amines is 1. The molecule has 10 nitrogen and oxygen atoms in total. The molecule has 0 bridgehead atoms. The van der Waals surface area contributed by atoms with Crippen molar-refractivity contribution in [2.24, 2.45) is 11.5 Å². The summed E-state index contributed by atoms with van der Waals surface area (Å²) in [5.41, 5.74) is 17.6. The normalized spacial score (nSPS) is 16.8. The number of allylic oxidation sites excluding steroid dienone is 4. The first kappa shape index (κ1) is 32.9. The molecule has 7 N–H and O–H groups in total. The molecule has 0 atom stereocenters. The molecular formula is C37H43FN8O2. The quantitative estimate of drug-likeness (QED) is 0.0993. The fraction of sp³-hybridized carbons (Fsp3) is 0.324. The Labute approximate surface area is 280 Å². The second-order valence-corrected chi connectivity index (χ2v) is 12.2. The van der Waals surface area contributed by atoms with Crippen LogP contribution in [-0.2, 0) is 0 Å². The molecule has 2 aliphatic rings. The van der Waals surface area contributed by atoms with Gasteiger partial charge in [0.1, 0.15) is 30.0 Å². The van der Waals surface area contributed by atoms with Crippen LogP contribution in [-0.4, -0.2) is 71.0 Å². The number of piperidine rings is 1. The van der Waals surface area contributed by atoms with Gasteiger partial charge in [0, 0.05) is 59.0 Å². The van der Waals surface area contributed by atoms with E-state index in [2.05, 4.69) is 25.2 Å². The zero-order valence-electron chi connectivity index (χ0n) is 27.3. The molecule has 48 heavy (non-hydrogen) atoms. The molecule has 2 saturated heterocycles. The number of ether oxygens (including phenoxy) is 2. The lowest BCUT2D eigenvalue weighted by Gasteiger charge is -2.23. The predicted molar refractivity (Wildman–Crippen MR) is 188 cm³/mol. The molecule has 0 saturated carbocycles. The SMILES string of the molecule is C/C=C(N)/C(=C\C(=C/N)c1cncc(OC2CCNCC2)c1)C(=N)c1cc2c(-c3cc(F)cc(OCCN4CCCC4)c3)cncc2[nH]1. The molecule has 250 valence electrons. The third-order valence-corrected chi connectivity index (χ3v) is 8.88. The van der Waals surface area contributed by atoms with Gasteiger partial charge in [0.25, 0.3) is 0 Å². The van der Waals surface area contributed by atoms with E-state index >= 15 is 0 Å². The van der Waals surface area contributed by atoms with E-state index in [4.69, 9.17) is 20.9 Å². The third-order valence-electron chi connectivity index (χ3n) is 8.88.